The van der Waals surface area contributed by atoms with Crippen LogP contribution in [-0.2, 0) is 0 Å². The summed E-state index contributed by atoms with van der Waals surface area (Å²) < 4.78 is 47.7. The first-order chi connectivity index (χ1) is 4.92. The van der Waals surface area contributed by atoms with Gasteiger partial charge in [-0.3, -0.25) is 0 Å². The summed E-state index contributed by atoms with van der Waals surface area (Å²) in [7, 11) is 0. The number of hydrogen-bond donors (Lipinski definition) is 0. The quantitative estimate of drug-likeness (QED) is 0.398. The van der Waals surface area contributed by atoms with Gasteiger partial charge in [-0.1, -0.05) is 22.0 Å². The predicted octanol–water partition coefficient (Wildman–Crippen LogP) is 3.23. The number of alkyl halides is 5. The molecule has 0 N–H and O–H groups in total. The maximum Gasteiger partial charge on any atom is 0.319 e. The molecule has 0 aliphatic heterocycles. The molecule has 5 heteroatoms. The molecule has 0 rings (SSSR count). The first-order valence-corrected chi connectivity index (χ1v) is 3.75. The molecule has 0 bridgehead atoms. The van der Waals surface area contributed by atoms with Gasteiger partial charge in [-0.25, -0.2) is 8.78 Å². The highest BCUT2D eigenvalue weighted by molar-refractivity contribution is 9.09. The van der Waals surface area contributed by atoms with E-state index >= 15 is 0 Å². The largest absolute Gasteiger partial charge is 0.319 e. The van der Waals surface area contributed by atoms with E-state index in [2.05, 4.69) is 22.5 Å². The monoisotopic (exact) mass is 234 g/mol. The average Bonchev–Trinajstić information content (AvgIpc) is 1.88. The Morgan fingerprint density at radius 3 is 2.18 bits per heavy atom. The van der Waals surface area contributed by atoms with Crippen LogP contribution < -0.4 is 0 Å². The summed E-state index contributed by atoms with van der Waals surface area (Å²) in [6.07, 6.45) is -2.65. The topological polar surface area (TPSA) is 0 Å². The van der Waals surface area contributed by atoms with Crippen LogP contribution in [0.25, 0.3) is 0 Å². The molecule has 66 valence electrons. The van der Waals surface area contributed by atoms with Gasteiger partial charge < -0.3 is 0 Å². The maximum absolute atomic E-state index is 12.3. The number of halogens is 5. The third-order valence-electron chi connectivity index (χ3n) is 1.08. The second-order valence-corrected chi connectivity index (χ2v) is 3.07. The molecule has 0 aliphatic carbocycles. The lowest BCUT2D eigenvalue weighted by Crippen LogP contribution is -2.36. The Kier molecular flexibility index (Phi) is 4.07. The van der Waals surface area contributed by atoms with Crippen LogP contribution in [0.3, 0.4) is 0 Å². The SMILES string of the molecule is C=CCC(Br)C(F)(F)C(F)F. The number of allylic oxidation sites excluding steroid dienone is 1. The molecular weight excluding hydrogens is 228 g/mol. The van der Waals surface area contributed by atoms with Crippen molar-refractivity contribution in [1.82, 2.24) is 0 Å². The van der Waals surface area contributed by atoms with Crippen LogP contribution in [0, 0.1) is 0 Å². The molecule has 0 spiro atoms. The summed E-state index contributed by atoms with van der Waals surface area (Å²) in [6, 6.07) is 0. The van der Waals surface area contributed by atoms with Gasteiger partial charge in [0.05, 0.1) is 4.83 Å². The molecule has 1 atom stereocenters. The summed E-state index contributed by atoms with van der Waals surface area (Å²) in [6.45, 7) is 3.17. The molecule has 1 unspecified atom stereocenters. The van der Waals surface area contributed by atoms with Crippen LogP contribution >= 0.6 is 15.9 Å². The molecular formula is C6H7BrF4. The fourth-order valence-electron chi connectivity index (χ4n) is 0.440. The van der Waals surface area contributed by atoms with Crippen LogP contribution in [0.4, 0.5) is 17.6 Å². The highest BCUT2D eigenvalue weighted by atomic mass is 79.9. The van der Waals surface area contributed by atoms with Crippen molar-refractivity contribution in [3.05, 3.63) is 12.7 Å². The summed E-state index contributed by atoms with van der Waals surface area (Å²) in [4.78, 5) is -1.53. The summed E-state index contributed by atoms with van der Waals surface area (Å²) in [5.74, 6) is -3.98. The molecule has 0 saturated carbocycles. The standard InChI is InChI=1S/C6H7BrF4/c1-2-3-4(7)6(10,11)5(8)9/h2,4-5H,1,3H2. The molecule has 0 aliphatic rings. The zero-order chi connectivity index (χ0) is 9.07. The molecule has 0 aromatic carbocycles. The molecule has 11 heavy (non-hydrogen) atoms. The van der Waals surface area contributed by atoms with Crippen LogP contribution in [0.2, 0.25) is 0 Å². The van der Waals surface area contributed by atoms with E-state index in [0.717, 1.165) is 6.08 Å². The number of rotatable bonds is 4. The Morgan fingerprint density at radius 1 is 1.45 bits per heavy atom. The van der Waals surface area contributed by atoms with Gasteiger partial charge in [0.1, 0.15) is 0 Å². The lowest BCUT2D eigenvalue weighted by atomic mass is 10.2. The maximum atomic E-state index is 12.3. The highest BCUT2D eigenvalue weighted by Crippen LogP contribution is 2.33. The van der Waals surface area contributed by atoms with E-state index in [1.807, 2.05) is 0 Å². The Bertz CT molecular complexity index is 135. The van der Waals surface area contributed by atoms with E-state index in [1.165, 1.54) is 0 Å². The predicted molar refractivity (Wildman–Crippen MR) is 38.5 cm³/mol. The van der Waals surface area contributed by atoms with Gasteiger partial charge in [-0.15, -0.1) is 6.58 Å². The van der Waals surface area contributed by atoms with Crippen molar-refractivity contribution in [2.45, 2.75) is 23.6 Å². The smallest absolute Gasteiger partial charge is 0.204 e. The third-order valence-corrected chi connectivity index (χ3v) is 2.07. The van der Waals surface area contributed by atoms with Crippen molar-refractivity contribution in [2.75, 3.05) is 0 Å². The average molecular weight is 235 g/mol. The fourth-order valence-corrected chi connectivity index (χ4v) is 0.904. The Morgan fingerprint density at radius 2 is 1.91 bits per heavy atom. The third kappa shape index (κ3) is 2.81. The molecule has 0 aromatic heterocycles. The second kappa shape index (κ2) is 4.09. The van der Waals surface area contributed by atoms with E-state index in [-0.39, 0.29) is 6.42 Å². The summed E-state index contributed by atoms with van der Waals surface area (Å²) >= 11 is 2.46. The van der Waals surface area contributed by atoms with Gasteiger partial charge in [0.2, 0.25) is 0 Å². The zero-order valence-corrected chi connectivity index (χ0v) is 7.12. The van der Waals surface area contributed by atoms with E-state index in [9.17, 15) is 17.6 Å². The number of hydrogen-bond acceptors (Lipinski definition) is 0. The Balaban J connectivity index is 4.16. The van der Waals surface area contributed by atoms with Crippen molar-refractivity contribution in [3.8, 4) is 0 Å². The van der Waals surface area contributed by atoms with E-state index in [4.69, 9.17) is 0 Å². The van der Waals surface area contributed by atoms with Crippen molar-refractivity contribution in [2.24, 2.45) is 0 Å². The molecule has 0 amide bonds. The van der Waals surface area contributed by atoms with Crippen molar-refractivity contribution in [3.63, 3.8) is 0 Å². The fraction of sp³-hybridized carbons (Fsp3) is 0.667. The minimum atomic E-state index is -3.98. The first kappa shape index (κ1) is 10.9. The summed E-state index contributed by atoms with van der Waals surface area (Å²) in [5, 5.41) is 0. The highest BCUT2D eigenvalue weighted by Gasteiger charge is 2.46. The molecule has 0 fully saturated rings. The van der Waals surface area contributed by atoms with Crippen molar-refractivity contribution >= 4 is 15.9 Å². The van der Waals surface area contributed by atoms with Crippen LogP contribution in [-0.4, -0.2) is 17.2 Å². The van der Waals surface area contributed by atoms with Crippen LogP contribution in [0.1, 0.15) is 6.42 Å². The zero-order valence-electron chi connectivity index (χ0n) is 5.54. The minimum Gasteiger partial charge on any atom is -0.204 e. The van der Waals surface area contributed by atoms with Gasteiger partial charge >= 0.3 is 12.3 Å². The van der Waals surface area contributed by atoms with Gasteiger partial charge in [0.25, 0.3) is 0 Å². The molecule has 0 radical (unpaired) electrons. The Hall–Kier alpha value is -0.0600. The second-order valence-electron chi connectivity index (χ2n) is 1.97. The van der Waals surface area contributed by atoms with E-state index in [0.29, 0.717) is 0 Å². The van der Waals surface area contributed by atoms with Gasteiger partial charge in [0.15, 0.2) is 0 Å². The van der Waals surface area contributed by atoms with Crippen LogP contribution in [0.5, 0.6) is 0 Å². The molecule has 0 aromatic rings. The van der Waals surface area contributed by atoms with Crippen molar-refractivity contribution < 1.29 is 17.6 Å². The van der Waals surface area contributed by atoms with E-state index in [1.54, 1.807) is 0 Å². The molecule has 0 saturated heterocycles. The van der Waals surface area contributed by atoms with Gasteiger partial charge in [-0.05, 0) is 6.42 Å². The van der Waals surface area contributed by atoms with Crippen molar-refractivity contribution in [1.29, 1.82) is 0 Å². The Labute approximate surface area is 70.4 Å². The molecule has 0 nitrogen and oxygen atoms in total. The lowest BCUT2D eigenvalue weighted by Gasteiger charge is -2.19. The van der Waals surface area contributed by atoms with Gasteiger partial charge in [0, 0.05) is 0 Å². The first-order valence-electron chi connectivity index (χ1n) is 2.83. The van der Waals surface area contributed by atoms with Gasteiger partial charge in [-0.2, -0.15) is 8.78 Å². The lowest BCUT2D eigenvalue weighted by molar-refractivity contribution is -0.126. The van der Waals surface area contributed by atoms with E-state index < -0.39 is 17.2 Å². The summed E-state index contributed by atoms with van der Waals surface area (Å²) in [5.41, 5.74) is 0. The normalized spacial score (nSPS) is 15.1. The minimum absolute atomic E-state index is 0.183. The molecule has 0 heterocycles. The van der Waals surface area contributed by atoms with Crippen LogP contribution in [0.15, 0.2) is 12.7 Å².